The van der Waals surface area contributed by atoms with Crippen LogP contribution in [0.1, 0.15) is 47.2 Å². The van der Waals surface area contributed by atoms with Gasteiger partial charge in [0.2, 0.25) is 0 Å². The molecule has 11 aromatic carbocycles. The van der Waals surface area contributed by atoms with Crippen LogP contribution in [0.5, 0.6) is 0 Å². The first kappa shape index (κ1) is 36.5. The van der Waals surface area contributed by atoms with Crippen LogP contribution in [-0.2, 0) is 10.8 Å². The molecule has 0 N–H and O–H groups in total. The van der Waals surface area contributed by atoms with E-state index in [2.05, 4.69) is 243 Å². The largest absolute Gasteiger partial charge is 0.309 e. The Hall–Kier alpha value is -8.00. The van der Waals surface area contributed by atoms with Crippen LogP contribution in [0.3, 0.4) is 0 Å². The highest BCUT2D eigenvalue weighted by Crippen LogP contribution is 2.65. The van der Waals surface area contributed by atoms with Gasteiger partial charge >= 0.3 is 0 Å². The summed E-state index contributed by atoms with van der Waals surface area (Å²) in [6.07, 6.45) is 0. The second-order valence-corrected chi connectivity index (χ2v) is 18.7. The number of fused-ring (bicyclic) bond motifs is 19. The quantitative estimate of drug-likeness (QED) is 0.160. The van der Waals surface area contributed by atoms with Gasteiger partial charge in [0.05, 0.1) is 16.8 Å². The molecule has 14 rings (SSSR count). The Bertz CT molecular complexity index is 3750. The van der Waals surface area contributed by atoms with Gasteiger partial charge in [0, 0.05) is 22.2 Å². The smallest absolute Gasteiger partial charge is 0.0746 e. The average molecular weight is 826 g/mol. The lowest BCUT2D eigenvalue weighted by molar-refractivity contribution is 0.661. The fourth-order valence-corrected chi connectivity index (χ4v) is 12.5. The molecule has 0 aliphatic heterocycles. The van der Waals surface area contributed by atoms with Crippen molar-refractivity contribution in [2.24, 2.45) is 0 Å². The van der Waals surface area contributed by atoms with E-state index in [4.69, 9.17) is 0 Å². The molecule has 65 heavy (non-hydrogen) atoms. The Morgan fingerprint density at radius 1 is 0.292 bits per heavy atom. The van der Waals surface area contributed by atoms with Gasteiger partial charge in [-0.1, -0.05) is 202 Å². The maximum atomic E-state index is 2.58. The van der Waals surface area contributed by atoms with Crippen molar-refractivity contribution >= 4 is 49.4 Å². The van der Waals surface area contributed by atoms with Crippen molar-refractivity contribution in [3.63, 3.8) is 0 Å². The maximum Gasteiger partial charge on any atom is 0.0746 e. The molecule has 0 amide bonds. The summed E-state index contributed by atoms with van der Waals surface area (Å²) in [5.41, 5.74) is 21.2. The molecule has 0 heterocycles. The summed E-state index contributed by atoms with van der Waals surface area (Å²) in [6.45, 7) is 4.77. The molecular weight excluding hydrogens is 783 g/mol. The van der Waals surface area contributed by atoms with Gasteiger partial charge in [0.1, 0.15) is 0 Å². The van der Waals surface area contributed by atoms with Gasteiger partial charge in [-0.15, -0.1) is 0 Å². The second-order valence-electron chi connectivity index (χ2n) is 18.7. The van der Waals surface area contributed by atoms with Crippen LogP contribution in [0.4, 0.5) is 17.1 Å². The highest BCUT2D eigenvalue weighted by molar-refractivity contribution is 6.27. The van der Waals surface area contributed by atoms with Gasteiger partial charge in [0.15, 0.2) is 0 Å². The van der Waals surface area contributed by atoms with Crippen LogP contribution in [0.2, 0.25) is 0 Å². The lowest BCUT2D eigenvalue weighted by atomic mass is 9.70. The molecule has 0 aromatic heterocycles. The molecule has 1 spiro atoms. The fraction of sp³-hybridized carbons (Fsp3) is 0.0625. The molecule has 0 saturated heterocycles. The summed E-state index contributed by atoms with van der Waals surface area (Å²) >= 11 is 0. The summed E-state index contributed by atoms with van der Waals surface area (Å²) in [6, 6.07) is 84.6. The molecule has 0 saturated carbocycles. The first-order chi connectivity index (χ1) is 32.0. The summed E-state index contributed by atoms with van der Waals surface area (Å²) in [5, 5.41) is 7.67. The van der Waals surface area contributed by atoms with Gasteiger partial charge in [-0.2, -0.15) is 0 Å². The van der Waals surface area contributed by atoms with E-state index in [-0.39, 0.29) is 5.41 Å². The Kier molecular flexibility index (Phi) is 7.45. The number of hydrogen-bond donors (Lipinski definition) is 0. The van der Waals surface area contributed by atoms with Crippen molar-refractivity contribution in [1.82, 2.24) is 0 Å². The SMILES string of the molecule is CC1(C)c2ccccc2-c2cc3c4ccccc4c4cc(N(c5ccccc5-c5ccccc5)c5cccc6c5C5(c7ccccc7-c7ccccc75)c5ccccc5-6)ccc4c3cc21. The number of rotatable bonds is 4. The van der Waals surface area contributed by atoms with Crippen molar-refractivity contribution in [3.05, 3.63) is 258 Å². The van der Waals surface area contributed by atoms with E-state index in [9.17, 15) is 0 Å². The van der Waals surface area contributed by atoms with Crippen molar-refractivity contribution in [3.8, 4) is 44.5 Å². The van der Waals surface area contributed by atoms with Crippen LogP contribution in [0.15, 0.2) is 224 Å². The normalized spacial score (nSPS) is 14.2. The average Bonchev–Trinajstić information content (AvgIpc) is 3.93. The Morgan fingerprint density at radius 3 is 1.42 bits per heavy atom. The van der Waals surface area contributed by atoms with Crippen LogP contribution in [-0.4, -0.2) is 0 Å². The first-order valence-electron chi connectivity index (χ1n) is 22.9. The third-order valence-corrected chi connectivity index (χ3v) is 15.2. The summed E-state index contributed by atoms with van der Waals surface area (Å²) in [4.78, 5) is 2.58. The third kappa shape index (κ3) is 4.77. The Labute approximate surface area is 379 Å². The predicted octanol–water partition coefficient (Wildman–Crippen LogP) is 16.9. The molecule has 0 unspecified atom stereocenters. The van der Waals surface area contributed by atoms with Crippen LogP contribution in [0, 0.1) is 0 Å². The molecule has 304 valence electrons. The fourth-order valence-electron chi connectivity index (χ4n) is 12.5. The zero-order chi connectivity index (χ0) is 43.0. The summed E-state index contributed by atoms with van der Waals surface area (Å²) in [7, 11) is 0. The van der Waals surface area contributed by atoms with E-state index in [0.717, 1.165) is 11.4 Å². The first-order valence-corrected chi connectivity index (χ1v) is 22.9. The highest BCUT2D eigenvalue weighted by atomic mass is 15.1. The molecule has 3 aliphatic rings. The topological polar surface area (TPSA) is 3.24 Å². The van der Waals surface area contributed by atoms with Crippen LogP contribution < -0.4 is 4.90 Å². The van der Waals surface area contributed by atoms with E-state index in [1.807, 2.05) is 0 Å². The monoisotopic (exact) mass is 825 g/mol. The maximum absolute atomic E-state index is 2.58. The number of anilines is 3. The molecule has 1 nitrogen and oxygen atoms in total. The van der Waals surface area contributed by atoms with Gasteiger partial charge < -0.3 is 4.90 Å². The number of para-hydroxylation sites is 1. The zero-order valence-electron chi connectivity index (χ0n) is 36.3. The lowest BCUT2D eigenvalue weighted by Crippen LogP contribution is -2.28. The van der Waals surface area contributed by atoms with E-state index in [1.165, 1.54) is 116 Å². The molecule has 11 aromatic rings. The van der Waals surface area contributed by atoms with E-state index in [1.54, 1.807) is 0 Å². The van der Waals surface area contributed by atoms with E-state index in [0.29, 0.717) is 0 Å². The number of hydrogen-bond acceptors (Lipinski definition) is 1. The van der Waals surface area contributed by atoms with Gasteiger partial charge in [-0.05, 0) is 135 Å². The number of nitrogens with zero attached hydrogens (tertiary/aromatic N) is 1. The molecule has 0 radical (unpaired) electrons. The zero-order valence-corrected chi connectivity index (χ0v) is 36.3. The minimum absolute atomic E-state index is 0.103. The van der Waals surface area contributed by atoms with Crippen molar-refractivity contribution in [2.75, 3.05) is 4.90 Å². The molecule has 0 fully saturated rings. The predicted molar refractivity (Wildman–Crippen MR) is 273 cm³/mol. The highest BCUT2D eigenvalue weighted by Gasteiger charge is 2.53. The molecule has 3 aliphatic carbocycles. The minimum Gasteiger partial charge on any atom is -0.309 e. The lowest BCUT2D eigenvalue weighted by Gasteiger charge is -2.36. The second kappa shape index (κ2) is 13.3. The molecule has 0 bridgehead atoms. The summed E-state index contributed by atoms with van der Waals surface area (Å²) in [5.74, 6) is 0. The van der Waals surface area contributed by atoms with Crippen LogP contribution in [0.25, 0.3) is 76.8 Å². The number of benzene rings is 11. The standard InChI is InChI=1S/C64H43N/c1-63(2)55-29-13-8-27-49(55)54-38-52-44-23-7-6-22-43(44)51-37-41(35-36-45(51)53(52)39-59(54)63)65(60-33-17-12-21-42(60)40-19-4-3-5-20-40)61-34-18-28-50-48-26-11-16-32-58(48)64(62(50)61)56-30-14-9-24-46(56)47-25-10-15-31-57(47)64/h3-39H,1-2H3. The van der Waals surface area contributed by atoms with Crippen molar-refractivity contribution < 1.29 is 0 Å². The Morgan fingerprint density at radius 2 is 0.754 bits per heavy atom. The molecule has 1 heteroatoms. The molecule has 0 atom stereocenters. The molecular formula is C64H43N. The van der Waals surface area contributed by atoms with Crippen molar-refractivity contribution in [2.45, 2.75) is 24.7 Å². The van der Waals surface area contributed by atoms with Gasteiger partial charge in [-0.3, -0.25) is 0 Å². The summed E-state index contributed by atoms with van der Waals surface area (Å²) < 4.78 is 0. The third-order valence-electron chi connectivity index (χ3n) is 15.2. The van der Waals surface area contributed by atoms with Gasteiger partial charge in [0.25, 0.3) is 0 Å². The Balaban J connectivity index is 1.10. The van der Waals surface area contributed by atoms with Gasteiger partial charge in [-0.25, -0.2) is 0 Å². The van der Waals surface area contributed by atoms with E-state index >= 15 is 0 Å². The van der Waals surface area contributed by atoms with E-state index < -0.39 is 5.41 Å². The minimum atomic E-state index is -0.528. The van der Waals surface area contributed by atoms with Crippen LogP contribution >= 0.6 is 0 Å². The van der Waals surface area contributed by atoms with Crippen molar-refractivity contribution in [1.29, 1.82) is 0 Å².